The minimum absolute atomic E-state index is 0.141. The number of furan rings is 1. The highest BCUT2D eigenvalue weighted by atomic mass is 16.5. The van der Waals surface area contributed by atoms with Crippen molar-refractivity contribution in [2.24, 2.45) is 0 Å². The summed E-state index contributed by atoms with van der Waals surface area (Å²) in [4.78, 5) is 23.0. The molecular weight excluding hydrogens is 298 g/mol. The Kier molecular flexibility index (Phi) is 4.43. The maximum atomic E-state index is 12.2. The summed E-state index contributed by atoms with van der Waals surface area (Å²) < 4.78 is 10.5. The van der Waals surface area contributed by atoms with Crippen LogP contribution in [0.1, 0.15) is 44.6 Å². The fraction of sp³-hybridized carbons (Fsp3) is 0.294. The third-order valence-electron chi connectivity index (χ3n) is 3.85. The second-order valence-corrected chi connectivity index (χ2v) is 5.44. The summed E-state index contributed by atoms with van der Waals surface area (Å²) in [6.45, 7) is 1.59. The van der Waals surface area contributed by atoms with Crippen LogP contribution in [-0.2, 0) is 11.3 Å². The van der Waals surface area contributed by atoms with E-state index in [-0.39, 0.29) is 18.2 Å². The van der Waals surface area contributed by atoms with E-state index in [1.807, 2.05) is 18.2 Å². The molecule has 0 aliphatic carbocycles. The molecule has 6 nitrogen and oxygen atoms in total. The van der Waals surface area contributed by atoms with E-state index >= 15 is 0 Å². The molecule has 2 N–H and O–H groups in total. The van der Waals surface area contributed by atoms with Crippen LogP contribution in [0.5, 0.6) is 0 Å². The van der Waals surface area contributed by atoms with Crippen molar-refractivity contribution in [2.45, 2.75) is 18.9 Å². The highest BCUT2D eigenvalue weighted by Crippen LogP contribution is 2.25. The fourth-order valence-electron chi connectivity index (χ4n) is 2.59. The molecule has 1 aliphatic heterocycles. The SMILES string of the molecule is O=C(NCc1ccc(C(=O)O)o1)c1cccc(C2CCOC2)c1. The largest absolute Gasteiger partial charge is 0.475 e. The van der Waals surface area contributed by atoms with Gasteiger partial charge < -0.3 is 19.6 Å². The van der Waals surface area contributed by atoms with Crippen LogP contribution in [-0.4, -0.2) is 30.2 Å². The molecule has 1 unspecified atom stereocenters. The third-order valence-corrected chi connectivity index (χ3v) is 3.85. The predicted octanol–water partition coefficient (Wildman–Crippen LogP) is 2.41. The molecule has 0 bridgehead atoms. The summed E-state index contributed by atoms with van der Waals surface area (Å²) in [5.74, 6) is -0.757. The van der Waals surface area contributed by atoms with Gasteiger partial charge in [-0.2, -0.15) is 0 Å². The van der Waals surface area contributed by atoms with Gasteiger partial charge >= 0.3 is 5.97 Å². The molecule has 1 fully saturated rings. The second kappa shape index (κ2) is 6.66. The number of rotatable bonds is 5. The van der Waals surface area contributed by atoms with Crippen LogP contribution in [0.2, 0.25) is 0 Å². The topological polar surface area (TPSA) is 88.8 Å². The molecule has 1 saturated heterocycles. The first-order valence-corrected chi connectivity index (χ1v) is 7.41. The molecular formula is C17H17NO5. The van der Waals surface area contributed by atoms with Crippen LogP contribution in [0.3, 0.4) is 0 Å². The van der Waals surface area contributed by atoms with E-state index in [9.17, 15) is 9.59 Å². The minimum atomic E-state index is -1.13. The summed E-state index contributed by atoms with van der Waals surface area (Å²) in [6.07, 6.45) is 0.968. The van der Waals surface area contributed by atoms with Gasteiger partial charge in [0, 0.05) is 18.1 Å². The number of benzene rings is 1. The van der Waals surface area contributed by atoms with E-state index in [1.165, 1.54) is 12.1 Å². The molecule has 1 aromatic carbocycles. The number of amides is 1. The quantitative estimate of drug-likeness (QED) is 0.884. The number of aromatic carboxylic acids is 1. The molecule has 0 radical (unpaired) electrons. The molecule has 120 valence electrons. The zero-order chi connectivity index (χ0) is 16.2. The molecule has 0 spiro atoms. The van der Waals surface area contributed by atoms with Gasteiger partial charge in [-0.3, -0.25) is 4.79 Å². The minimum Gasteiger partial charge on any atom is -0.475 e. The van der Waals surface area contributed by atoms with Crippen LogP contribution in [0, 0.1) is 0 Å². The number of carbonyl (C=O) groups excluding carboxylic acids is 1. The Bertz CT molecular complexity index is 715. The summed E-state index contributed by atoms with van der Waals surface area (Å²) >= 11 is 0. The lowest BCUT2D eigenvalue weighted by molar-refractivity contribution is 0.0660. The van der Waals surface area contributed by atoms with Crippen LogP contribution in [0.4, 0.5) is 0 Å². The Morgan fingerprint density at radius 1 is 1.26 bits per heavy atom. The molecule has 2 heterocycles. The molecule has 1 atom stereocenters. The standard InChI is InChI=1S/C17H17NO5/c19-16(18-9-14-4-5-15(23-14)17(20)21)12-3-1-2-11(8-12)13-6-7-22-10-13/h1-5,8,13H,6-7,9-10H2,(H,18,19)(H,20,21). The number of carboxylic acids is 1. The maximum Gasteiger partial charge on any atom is 0.371 e. The molecule has 23 heavy (non-hydrogen) atoms. The number of ether oxygens (including phenoxy) is 1. The van der Waals surface area contributed by atoms with Crippen LogP contribution in [0.25, 0.3) is 0 Å². The first-order chi connectivity index (χ1) is 11.1. The van der Waals surface area contributed by atoms with Crippen LogP contribution < -0.4 is 5.32 Å². The Morgan fingerprint density at radius 2 is 2.13 bits per heavy atom. The van der Waals surface area contributed by atoms with Gasteiger partial charge in [0.1, 0.15) is 5.76 Å². The van der Waals surface area contributed by atoms with Crippen LogP contribution >= 0.6 is 0 Å². The Balaban J connectivity index is 1.63. The van der Waals surface area contributed by atoms with Crippen molar-refractivity contribution >= 4 is 11.9 Å². The van der Waals surface area contributed by atoms with Crippen molar-refractivity contribution in [2.75, 3.05) is 13.2 Å². The van der Waals surface area contributed by atoms with Gasteiger partial charge in [-0.15, -0.1) is 0 Å². The second-order valence-electron chi connectivity index (χ2n) is 5.44. The number of carbonyl (C=O) groups is 2. The van der Waals surface area contributed by atoms with E-state index in [0.717, 1.165) is 18.6 Å². The van der Waals surface area contributed by atoms with Crippen molar-refractivity contribution in [1.82, 2.24) is 5.32 Å². The van der Waals surface area contributed by atoms with Gasteiger partial charge in [0.05, 0.1) is 13.2 Å². The average Bonchev–Trinajstić information content (AvgIpc) is 3.24. The van der Waals surface area contributed by atoms with Crippen molar-refractivity contribution in [3.8, 4) is 0 Å². The van der Waals surface area contributed by atoms with Crippen molar-refractivity contribution < 1.29 is 23.8 Å². The summed E-state index contributed by atoms with van der Waals surface area (Å²) in [5.41, 5.74) is 1.67. The first-order valence-electron chi connectivity index (χ1n) is 7.41. The van der Waals surface area contributed by atoms with Gasteiger partial charge in [-0.05, 0) is 36.2 Å². The maximum absolute atomic E-state index is 12.2. The Hall–Kier alpha value is -2.60. The smallest absolute Gasteiger partial charge is 0.371 e. The predicted molar refractivity (Wildman–Crippen MR) is 81.5 cm³/mol. The molecule has 3 rings (SSSR count). The lowest BCUT2D eigenvalue weighted by Gasteiger charge is -2.10. The Morgan fingerprint density at radius 3 is 2.83 bits per heavy atom. The number of hydrogen-bond donors (Lipinski definition) is 2. The molecule has 2 aromatic rings. The van der Waals surface area contributed by atoms with Gasteiger partial charge in [-0.1, -0.05) is 12.1 Å². The van der Waals surface area contributed by atoms with Gasteiger partial charge in [-0.25, -0.2) is 4.79 Å². The zero-order valence-electron chi connectivity index (χ0n) is 12.5. The number of hydrogen-bond acceptors (Lipinski definition) is 4. The van der Waals surface area contributed by atoms with Crippen molar-refractivity contribution in [1.29, 1.82) is 0 Å². The lowest BCUT2D eigenvalue weighted by Crippen LogP contribution is -2.22. The monoisotopic (exact) mass is 315 g/mol. The molecule has 1 aliphatic rings. The Labute approximate surface area is 133 Å². The zero-order valence-corrected chi connectivity index (χ0v) is 12.5. The van der Waals surface area contributed by atoms with E-state index in [4.69, 9.17) is 14.3 Å². The summed E-state index contributed by atoms with van der Waals surface area (Å²) in [7, 11) is 0. The summed E-state index contributed by atoms with van der Waals surface area (Å²) in [5, 5.41) is 11.5. The van der Waals surface area contributed by atoms with E-state index in [1.54, 1.807) is 6.07 Å². The number of nitrogens with one attached hydrogen (secondary N) is 1. The molecule has 1 aromatic heterocycles. The third kappa shape index (κ3) is 3.60. The van der Waals surface area contributed by atoms with Crippen molar-refractivity contribution in [3.63, 3.8) is 0 Å². The van der Waals surface area contributed by atoms with E-state index < -0.39 is 5.97 Å². The average molecular weight is 315 g/mol. The highest BCUT2D eigenvalue weighted by Gasteiger charge is 2.19. The van der Waals surface area contributed by atoms with Gasteiger partial charge in [0.15, 0.2) is 0 Å². The van der Waals surface area contributed by atoms with Crippen LogP contribution in [0.15, 0.2) is 40.8 Å². The van der Waals surface area contributed by atoms with Crippen molar-refractivity contribution in [3.05, 3.63) is 59.0 Å². The fourth-order valence-corrected chi connectivity index (χ4v) is 2.59. The van der Waals surface area contributed by atoms with Gasteiger partial charge in [0.2, 0.25) is 5.76 Å². The summed E-state index contributed by atoms with van der Waals surface area (Å²) in [6, 6.07) is 10.4. The number of carboxylic acid groups (broad SMARTS) is 1. The highest BCUT2D eigenvalue weighted by molar-refractivity contribution is 5.94. The molecule has 6 heteroatoms. The van der Waals surface area contributed by atoms with E-state index in [2.05, 4.69) is 5.32 Å². The first kappa shape index (κ1) is 15.3. The molecule has 0 saturated carbocycles. The van der Waals surface area contributed by atoms with Gasteiger partial charge in [0.25, 0.3) is 5.91 Å². The molecule has 1 amide bonds. The van der Waals surface area contributed by atoms with E-state index in [0.29, 0.717) is 23.8 Å². The normalized spacial score (nSPS) is 17.1. The lowest BCUT2D eigenvalue weighted by atomic mass is 9.96.